The topological polar surface area (TPSA) is 281 Å². The van der Waals surface area contributed by atoms with E-state index >= 15 is 0 Å². The lowest BCUT2D eigenvalue weighted by Crippen LogP contribution is -2.35. The van der Waals surface area contributed by atoms with Crippen molar-refractivity contribution in [2.75, 3.05) is 131 Å². The van der Waals surface area contributed by atoms with Crippen molar-refractivity contribution < 1.29 is 48.5 Å². The van der Waals surface area contributed by atoms with Gasteiger partial charge in [-0.1, -0.05) is 0 Å². The fourth-order valence-electron chi connectivity index (χ4n) is 23.2. The highest BCUT2D eigenvalue weighted by atomic mass is 32.1. The number of aliphatic hydroxyl groups excluding tert-OH is 3. The molecule has 0 aliphatic heterocycles. The smallest absolute Gasteiger partial charge is 0.225 e. The minimum atomic E-state index is 0.00753. The molecule has 10 aliphatic rings. The van der Waals surface area contributed by atoms with Crippen LogP contribution < -0.4 is 18.9 Å². The highest BCUT2D eigenvalue weighted by Crippen LogP contribution is 2.54. The van der Waals surface area contributed by atoms with Gasteiger partial charge in [-0.15, -0.1) is 56.7 Å². The number of aryl methyl sites for hydroxylation is 5. The average molecular weight is 1920 g/mol. The number of nitrogens with zero attached hydrogens (tertiary/aromatic N) is 16. The largest absolute Gasteiger partial charge is 0.474 e. The molecule has 0 bridgehead atoms. The Morgan fingerprint density at radius 3 is 0.932 bits per heavy atom. The SMILES string of the molecule is CCOCCC1CCc2sc3ncnc(OC4CCC(N(C)C)CC4)c3c21.CN(C)C1CCC(Oc2ncnc3sc4c(c23)[C@@H](CCO)CC4)CC1.CN(C)C1CCC(Oc2ncnc3sc4c(c23)[C@H](CCO)CC4)CC1.CN(CCO)C(=O)CC1CCc2sc3ncnc(CC4CCC(N(C)C)CC4)c3c21.COCCC1CCc2sc3ncnc(OC4CCC(N(C)C)CC4)c3c21. The minimum absolute atomic E-state index is 0.00753. The summed E-state index contributed by atoms with van der Waals surface area (Å²) in [5, 5.41) is 33.8. The Balaban J connectivity index is 0.000000121. The third-order valence-corrected chi connectivity index (χ3v) is 36.8. The molecule has 3 N–H and O–H groups in total. The maximum atomic E-state index is 12.6. The maximum Gasteiger partial charge on any atom is 0.225 e. The Hall–Kier alpha value is -6.53. The van der Waals surface area contributed by atoms with E-state index in [1.54, 1.807) is 84.7 Å². The zero-order valence-electron chi connectivity index (χ0n) is 81.3. The number of thiophene rings is 5. The quantitative estimate of drug-likeness (QED) is 0.0353. The molecule has 31 heteroatoms. The minimum Gasteiger partial charge on any atom is -0.474 e. The number of hydrogen-bond acceptors (Lipinski definition) is 30. The van der Waals surface area contributed by atoms with E-state index in [1.165, 1.54) is 164 Å². The highest BCUT2D eigenvalue weighted by Gasteiger charge is 2.40. The predicted molar refractivity (Wildman–Crippen MR) is 537 cm³/mol. The molecule has 10 aromatic rings. The first-order valence-corrected chi connectivity index (χ1v) is 54.2. The molecule has 726 valence electrons. The van der Waals surface area contributed by atoms with E-state index in [0.29, 0.717) is 72.8 Å². The molecule has 5 saturated carbocycles. The lowest BCUT2D eigenvalue weighted by molar-refractivity contribution is -0.130. The summed E-state index contributed by atoms with van der Waals surface area (Å²) in [6, 6.07) is 3.42. The molecule has 10 heterocycles. The zero-order valence-corrected chi connectivity index (χ0v) is 85.4. The molecule has 10 aliphatic carbocycles. The number of methoxy groups -OCH3 is 1. The van der Waals surface area contributed by atoms with E-state index < -0.39 is 0 Å². The Labute approximate surface area is 807 Å². The zero-order chi connectivity index (χ0) is 92.9. The van der Waals surface area contributed by atoms with Crippen molar-refractivity contribution in [1.82, 2.24) is 79.2 Å². The Bertz CT molecular complexity index is 5280. The highest BCUT2D eigenvalue weighted by molar-refractivity contribution is 7.20. The number of rotatable bonds is 30. The molecular weight excluding hydrogens is 1770 g/mol. The van der Waals surface area contributed by atoms with E-state index in [2.05, 4.69) is 147 Å². The van der Waals surface area contributed by atoms with Gasteiger partial charge in [0.25, 0.3) is 0 Å². The van der Waals surface area contributed by atoms with Crippen molar-refractivity contribution in [2.24, 2.45) is 5.92 Å². The van der Waals surface area contributed by atoms with Crippen LogP contribution in [0, 0.1) is 5.92 Å². The van der Waals surface area contributed by atoms with Gasteiger partial charge in [0.2, 0.25) is 29.4 Å². The second-order valence-electron chi connectivity index (χ2n) is 40.2. The number of carbonyl (C=O) groups excluding carboxylic acids is 1. The molecule has 10 aromatic heterocycles. The van der Waals surface area contributed by atoms with Crippen LogP contribution in [-0.4, -0.2) is 286 Å². The molecule has 20 rings (SSSR count). The molecule has 26 nitrogen and oxygen atoms in total. The lowest BCUT2D eigenvalue weighted by Gasteiger charge is -2.32. The number of ether oxygens (including phenoxy) is 6. The van der Waals surface area contributed by atoms with Gasteiger partial charge in [0.05, 0.1) is 33.8 Å². The third kappa shape index (κ3) is 23.6. The number of carbonyl (C=O) groups is 1. The van der Waals surface area contributed by atoms with Crippen LogP contribution in [0.4, 0.5) is 0 Å². The van der Waals surface area contributed by atoms with E-state index in [9.17, 15) is 15.0 Å². The van der Waals surface area contributed by atoms with Crippen LogP contribution in [0.5, 0.6) is 23.5 Å². The molecular formula is C102H148N16O10S5. The van der Waals surface area contributed by atoms with E-state index in [4.69, 9.17) is 38.5 Å². The second kappa shape index (κ2) is 47.0. The fraction of sp³-hybridized carbons (Fsp3) is 0.696. The van der Waals surface area contributed by atoms with Crippen LogP contribution in [-0.2, 0) is 52.8 Å². The number of aromatic nitrogens is 10. The first kappa shape index (κ1) is 99.5. The monoisotopic (exact) mass is 1920 g/mol. The third-order valence-electron chi connectivity index (χ3n) is 31.0. The molecule has 0 aromatic carbocycles. The summed E-state index contributed by atoms with van der Waals surface area (Å²) >= 11 is 9.00. The normalized spacial score (nSPS) is 25.4. The van der Waals surface area contributed by atoms with Crippen molar-refractivity contribution in [3.8, 4) is 23.5 Å². The van der Waals surface area contributed by atoms with Gasteiger partial charge >= 0.3 is 0 Å². The molecule has 0 saturated heterocycles. The Morgan fingerprint density at radius 1 is 0.346 bits per heavy atom. The van der Waals surface area contributed by atoms with Gasteiger partial charge in [0.15, 0.2) is 0 Å². The predicted octanol–water partition coefficient (Wildman–Crippen LogP) is 18.3. The van der Waals surface area contributed by atoms with E-state index in [1.807, 2.05) is 22.7 Å². The molecule has 0 radical (unpaired) electrons. The van der Waals surface area contributed by atoms with Crippen LogP contribution in [0.15, 0.2) is 31.6 Å². The molecule has 0 spiro atoms. The summed E-state index contributed by atoms with van der Waals surface area (Å²) < 4.78 is 36.6. The molecule has 1 amide bonds. The number of fused-ring (bicyclic) bond motifs is 15. The van der Waals surface area contributed by atoms with E-state index in [-0.39, 0.29) is 56.1 Å². The van der Waals surface area contributed by atoms with Crippen LogP contribution in [0.25, 0.3) is 51.1 Å². The van der Waals surface area contributed by atoms with Crippen LogP contribution in [0.2, 0.25) is 0 Å². The van der Waals surface area contributed by atoms with Gasteiger partial charge in [-0.2, -0.15) is 0 Å². The standard InChI is InChI=1S/C23H34N4O2S.C21H31N3O2S.C20H29N3O2S.2C19H27N3O2S/c1-26(2)17-7-4-15(5-8-17)12-18-22-21-16(13-20(29)27(3)10-11-28)6-9-19(21)30-23(22)25-14-24-18;1-4-25-12-11-14-5-10-17-18(14)19-20(22-13-23-21(19)27-17)26-16-8-6-15(7-9-16)24(2)3;1-23(2)14-5-7-15(8-6-14)25-19-18-17-13(10-11-24-3)4-9-16(17)26-20(18)22-12-21-19;2*1-22(2)13-4-6-14(7-5-13)24-18-17-16-12(9-10-23)3-8-15(16)25-19(17)21-11-20-18/h14-17,28H,4-13H2,1-3H3;13-16H,4-12H2,1-3H3;12-15H,4-11H2,1-3H3;2*11-14,23H,3-10H2,1-2H3/t;;;2*12-,13?,14?/m...10/s1. The number of likely N-dealkylation sites (N-methyl/N-ethyl adjacent to an activating group) is 1. The summed E-state index contributed by atoms with van der Waals surface area (Å²) in [6.45, 7) is 5.36. The van der Waals surface area contributed by atoms with Crippen molar-refractivity contribution >= 4 is 114 Å². The van der Waals surface area contributed by atoms with Crippen molar-refractivity contribution in [2.45, 2.75) is 322 Å². The van der Waals surface area contributed by atoms with Crippen LogP contribution >= 0.6 is 56.7 Å². The van der Waals surface area contributed by atoms with E-state index in [0.717, 1.165) is 213 Å². The molecule has 3 unspecified atom stereocenters. The maximum absolute atomic E-state index is 12.6. The van der Waals surface area contributed by atoms with Gasteiger partial charge in [0, 0.05) is 120 Å². The summed E-state index contributed by atoms with van der Waals surface area (Å²) in [7, 11) is 25.3. The summed E-state index contributed by atoms with van der Waals surface area (Å²) in [5.74, 6) is 6.15. The number of aliphatic hydroxyl groups is 3. The first-order chi connectivity index (χ1) is 64.6. The second-order valence-corrected chi connectivity index (χ2v) is 45.7. The van der Waals surface area contributed by atoms with Crippen LogP contribution in [0.3, 0.4) is 0 Å². The van der Waals surface area contributed by atoms with Gasteiger partial charge in [-0.05, 0) is 365 Å². The van der Waals surface area contributed by atoms with Crippen LogP contribution in [0.1, 0.15) is 287 Å². The Kier molecular flexibility index (Phi) is 35.1. The number of hydrogen-bond donors (Lipinski definition) is 3. The first-order valence-electron chi connectivity index (χ1n) is 50.1. The van der Waals surface area contributed by atoms with Gasteiger partial charge < -0.3 is 73.1 Å². The molecule has 5 fully saturated rings. The molecule has 133 heavy (non-hydrogen) atoms. The average Bonchev–Trinajstić information content (AvgIpc) is 1.64. The van der Waals surface area contributed by atoms with Crippen molar-refractivity contribution in [3.63, 3.8) is 0 Å². The van der Waals surface area contributed by atoms with Gasteiger partial charge in [-0.25, -0.2) is 49.8 Å². The fourth-order valence-corrected chi connectivity index (χ4v) is 29.4. The summed E-state index contributed by atoms with van der Waals surface area (Å²) in [5.41, 5.74) is 8.14. The van der Waals surface area contributed by atoms with Gasteiger partial charge in [0.1, 0.15) is 80.2 Å². The lowest BCUT2D eigenvalue weighted by atomic mass is 9.82. The molecule has 5 atom stereocenters. The summed E-state index contributed by atoms with van der Waals surface area (Å²) in [4.78, 5) is 84.0. The Morgan fingerprint density at radius 2 is 0.632 bits per heavy atom. The van der Waals surface area contributed by atoms with Gasteiger partial charge in [-0.3, -0.25) is 4.79 Å². The van der Waals surface area contributed by atoms with Crippen molar-refractivity contribution in [3.05, 3.63) is 89.5 Å². The van der Waals surface area contributed by atoms with Crippen molar-refractivity contribution in [1.29, 1.82) is 0 Å². The summed E-state index contributed by atoms with van der Waals surface area (Å²) in [6.07, 6.45) is 49.3. The number of amides is 1.